The Morgan fingerprint density at radius 1 is 1.02 bits per heavy atom. The van der Waals surface area contributed by atoms with Crippen molar-refractivity contribution in [2.45, 2.75) is 78.4 Å². The van der Waals surface area contributed by atoms with Crippen LogP contribution in [0.1, 0.15) is 60.3 Å². The topological polar surface area (TPSA) is 187 Å². The first-order valence-corrected chi connectivity index (χ1v) is 15.2. The number of nitrogens with zero attached hydrogens (tertiary/aromatic N) is 3. The first kappa shape index (κ1) is 33.3. The second-order valence-electron chi connectivity index (χ2n) is 11.3. The molecule has 3 rings (SSSR count). The summed E-state index contributed by atoms with van der Waals surface area (Å²) in [6.45, 7) is 7.64. The number of ether oxygens (including phenoxy) is 3. The molecule has 2 atom stereocenters. The van der Waals surface area contributed by atoms with Crippen LogP contribution in [0, 0.1) is 11.3 Å². The van der Waals surface area contributed by atoms with Crippen LogP contribution in [0.5, 0.6) is 0 Å². The maximum Gasteiger partial charge on any atom is 0.421 e. The van der Waals surface area contributed by atoms with Gasteiger partial charge in [0.05, 0.1) is 30.6 Å². The number of hydroxylamine groups is 2. The molecule has 16 nitrogen and oxygen atoms in total. The fraction of sp³-hybridized carbons (Fsp3) is 0.800. The molecule has 0 radical (unpaired) electrons. The first-order chi connectivity index (χ1) is 19.6. The van der Waals surface area contributed by atoms with Crippen molar-refractivity contribution in [3.63, 3.8) is 0 Å². The number of likely N-dealkylation sites (tertiary alicyclic amines) is 1. The summed E-state index contributed by atoms with van der Waals surface area (Å²) in [7, 11) is -4.70. The fourth-order valence-corrected chi connectivity index (χ4v) is 5.49. The van der Waals surface area contributed by atoms with E-state index < -0.39 is 65.4 Å². The van der Waals surface area contributed by atoms with Crippen molar-refractivity contribution in [2.75, 3.05) is 39.6 Å². The van der Waals surface area contributed by atoms with Gasteiger partial charge in [0.2, 0.25) is 12.7 Å². The normalized spacial score (nSPS) is 21.4. The van der Waals surface area contributed by atoms with Gasteiger partial charge in [0.15, 0.2) is 0 Å². The van der Waals surface area contributed by atoms with Gasteiger partial charge >= 0.3 is 34.5 Å². The Labute approximate surface area is 245 Å². The van der Waals surface area contributed by atoms with Crippen LogP contribution < -0.4 is 5.32 Å². The number of nitrogens with one attached hydrogen (secondary N) is 1. The number of urea groups is 1. The second kappa shape index (κ2) is 13.9. The van der Waals surface area contributed by atoms with Crippen molar-refractivity contribution in [1.29, 1.82) is 0 Å². The van der Waals surface area contributed by atoms with E-state index in [2.05, 4.69) is 5.32 Å². The van der Waals surface area contributed by atoms with Crippen molar-refractivity contribution >= 4 is 40.4 Å². The van der Waals surface area contributed by atoms with Gasteiger partial charge in [0.1, 0.15) is 6.04 Å². The molecule has 0 aromatic rings. The lowest BCUT2D eigenvalue weighted by Gasteiger charge is -2.34. The van der Waals surface area contributed by atoms with E-state index in [4.69, 9.17) is 22.7 Å². The maximum atomic E-state index is 13.1. The minimum atomic E-state index is -4.70. The summed E-state index contributed by atoms with van der Waals surface area (Å²) < 4.78 is 49.5. The molecule has 238 valence electrons. The van der Waals surface area contributed by atoms with Gasteiger partial charge in [-0.2, -0.15) is 13.5 Å². The highest BCUT2D eigenvalue weighted by Gasteiger charge is 2.50. The van der Waals surface area contributed by atoms with E-state index in [0.717, 1.165) is 0 Å². The molecular formula is C25H40N4O12S. The van der Waals surface area contributed by atoms with Crippen molar-refractivity contribution in [2.24, 2.45) is 11.3 Å². The van der Waals surface area contributed by atoms with E-state index in [-0.39, 0.29) is 31.0 Å². The Morgan fingerprint density at radius 2 is 1.69 bits per heavy atom. The van der Waals surface area contributed by atoms with Crippen molar-refractivity contribution in [3.8, 4) is 0 Å². The van der Waals surface area contributed by atoms with Crippen LogP contribution in [0.15, 0.2) is 0 Å². The van der Waals surface area contributed by atoms with Gasteiger partial charge in [-0.25, -0.2) is 13.8 Å². The summed E-state index contributed by atoms with van der Waals surface area (Å²) in [5, 5.41) is 3.61. The third-order valence-corrected chi connectivity index (χ3v) is 7.89. The molecule has 42 heavy (non-hydrogen) atoms. The molecule has 3 aliphatic heterocycles. The lowest BCUT2D eigenvalue weighted by Crippen LogP contribution is -2.54. The molecule has 4 amide bonds. The number of hydrogen-bond donors (Lipinski definition) is 1. The van der Waals surface area contributed by atoms with Crippen LogP contribution >= 0.6 is 0 Å². The van der Waals surface area contributed by atoms with E-state index in [0.29, 0.717) is 43.8 Å². The number of hydrogen-bond acceptors (Lipinski definition) is 12. The third-order valence-electron chi connectivity index (χ3n) is 7.14. The summed E-state index contributed by atoms with van der Waals surface area (Å²) in [5.41, 5.74) is -1.27. The van der Waals surface area contributed by atoms with Crippen molar-refractivity contribution in [3.05, 3.63) is 0 Å². The van der Waals surface area contributed by atoms with Crippen LogP contribution in [-0.4, -0.2) is 111 Å². The molecular weight excluding hydrogens is 580 g/mol. The van der Waals surface area contributed by atoms with Crippen LogP contribution in [0.4, 0.5) is 9.59 Å². The predicted molar refractivity (Wildman–Crippen MR) is 142 cm³/mol. The largest absolute Gasteiger partial charge is 0.466 e. The number of carbonyl (C=O) groups excluding carboxylic acids is 5. The minimum Gasteiger partial charge on any atom is -0.466 e. The average molecular weight is 621 g/mol. The summed E-state index contributed by atoms with van der Waals surface area (Å²) in [6, 6.07) is -2.47. The Kier molecular flexibility index (Phi) is 11.0. The number of piperidine rings is 2. The molecule has 0 saturated carbocycles. The number of esters is 2. The van der Waals surface area contributed by atoms with Crippen molar-refractivity contribution < 1.29 is 55.1 Å². The molecule has 3 aliphatic rings. The second-order valence-corrected chi connectivity index (χ2v) is 12.5. The molecule has 0 aliphatic carbocycles. The number of carbonyl (C=O) groups is 5. The quantitative estimate of drug-likeness (QED) is 0.240. The highest BCUT2D eigenvalue weighted by atomic mass is 32.3. The molecule has 0 unspecified atom stereocenters. The summed E-state index contributed by atoms with van der Waals surface area (Å²) in [5.74, 6) is -1.85. The lowest BCUT2D eigenvalue weighted by molar-refractivity contribution is -0.156. The Morgan fingerprint density at radius 3 is 2.31 bits per heavy atom. The van der Waals surface area contributed by atoms with Crippen molar-refractivity contribution in [1.82, 2.24) is 20.2 Å². The Hall–Kier alpha value is -3.18. The highest BCUT2D eigenvalue weighted by molar-refractivity contribution is 7.81. The molecule has 3 saturated heterocycles. The fourth-order valence-electron chi connectivity index (χ4n) is 4.63. The Bertz CT molecular complexity index is 1140. The van der Waals surface area contributed by atoms with E-state index in [1.165, 1.54) is 23.6 Å². The van der Waals surface area contributed by atoms with Gasteiger partial charge in [-0.15, -0.1) is 4.28 Å². The predicted octanol–water partition coefficient (Wildman–Crippen LogP) is 0.911. The summed E-state index contributed by atoms with van der Waals surface area (Å²) in [6.07, 6.45) is 0.876. The van der Waals surface area contributed by atoms with Gasteiger partial charge in [-0.05, 0) is 46.5 Å². The molecule has 0 spiro atoms. The average Bonchev–Trinajstić information content (AvgIpc) is 3.16. The van der Waals surface area contributed by atoms with Crippen LogP contribution in [0.3, 0.4) is 0 Å². The standard InChI is InChI=1S/C25H40N4O12S/c1-6-37-22(32)25(4,5)14-40-42(35,36)41-29-18-7-8-19(28(13-18)23(29)33)20(30)26-17-9-11-27(12-10-17)24(34)39-15-38-21(31)16(2)3/h16-19H,6-15H2,1-5H3,(H,26,30)/t18-,19-/m0/s1. The molecule has 17 heteroatoms. The molecule has 0 aromatic carbocycles. The minimum absolute atomic E-state index is 0.0897. The Balaban J connectivity index is 1.46. The van der Waals surface area contributed by atoms with Gasteiger partial charge in [-0.1, -0.05) is 13.8 Å². The molecule has 3 heterocycles. The highest BCUT2D eigenvalue weighted by Crippen LogP contribution is 2.31. The SMILES string of the molecule is CCOC(=O)C(C)(C)COS(=O)(=O)ON1C(=O)N2C[C@@H]1CC[C@H]2C(=O)NC1CCN(C(=O)OCOC(=O)C(C)C)CC1. The van der Waals surface area contributed by atoms with Gasteiger partial charge < -0.3 is 29.3 Å². The van der Waals surface area contributed by atoms with Crippen LogP contribution in [0.25, 0.3) is 0 Å². The van der Waals surface area contributed by atoms with Gasteiger partial charge in [0.25, 0.3) is 0 Å². The van der Waals surface area contributed by atoms with Gasteiger partial charge in [-0.3, -0.25) is 14.4 Å². The molecule has 0 aromatic heterocycles. The number of amides is 4. The monoisotopic (exact) mass is 620 g/mol. The molecule has 3 fully saturated rings. The molecule has 2 bridgehead atoms. The zero-order valence-electron chi connectivity index (χ0n) is 24.5. The lowest BCUT2D eigenvalue weighted by atomic mass is 9.95. The maximum absolute atomic E-state index is 13.1. The van der Waals surface area contributed by atoms with Crippen LogP contribution in [0.2, 0.25) is 0 Å². The molecule has 1 N–H and O–H groups in total. The van der Waals surface area contributed by atoms with E-state index in [1.54, 1.807) is 20.8 Å². The van der Waals surface area contributed by atoms with E-state index >= 15 is 0 Å². The first-order valence-electron chi connectivity index (χ1n) is 13.9. The number of rotatable bonds is 12. The van der Waals surface area contributed by atoms with Gasteiger partial charge in [0, 0.05) is 25.7 Å². The van der Waals surface area contributed by atoms with E-state index in [9.17, 15) is 32.4 Å². The van der Waals surface area contributed by atoms with E-state index in [1.807, 2.05) is 0 Å². The zero-order valence-corrected chi connectivity index (χ0v) is 25.3. The van der Waals surface area contributed by atoms with Crippen LogP contribution in [-0.2, 0) is 47.5 Å². The zero-order chi connectivity index (χ0) is 31.2. The third kappa shape index (κ3) is 8.44. The number of fused-ring (bicyclic) bond motifs is 2. The summed E-state index contributed by atoms with van der Waals surface area (Å²) in [4.78, 5) is 64.5. The summed E-state index contributed by atoms with van der Waals surface area (Å²) >= 11 is 0. The smallest absolute Gasteiger partial charge is 0.421 e.